The van der Waals surface area contributed by atoms with Gasteiger partial charge in [0, 0.05) is 6.04 Å². The first kappa shape index (κ1) is 13.9. The Bertz CT molecular complexity index is 316. The second-order valence-electron chi connectivity index (χ2n) is 3.19. The quantitative estimate of drug-likeness (QED) is 0.830. The van der Waals surface area contributed by atoms with Gasteiger partial charge in [0.05, 0.1) is 6.42 Å². The van der Waals surface area contributed by atoms with E-state index in [0.29, 0.717) is 6.42 Å². The van der Waals surface area contributed by atoms with Gasteiger partial charge >= 0.3 is 5.97 Å². The number of aliphatic carboxylic acids is 1. The van der Waals surface area contributed by atoms with Gasteiger partial charge in [-0.2, -0.15) is 0 Å². The summed E-state index contributed by atoms with van der Waals surface area (Å²) in [4.78, 5) is 10.3. The van der Waals surface area contributed by atoms with Gasteiger partial charge in [0.25, 0.3) is 0 Å². The third kappa shape index (κ3) is 5.34. The van der Waals surface area contributed by atoms with E-state index in [1.807, 2.05) is 0 Å². The van der Waals surface area contributed by atoms with Crippen LogP contribution in [-0.2, 0) is 11.2 Å². The minimum absolute atomic E-state index is 0. The number of hydrogen-bond donors (Lipinski definition) is 2. The van der Waals surface area contributed by atoms with Gasteiger partial charge in [-0.05, 0) is 24.1 Å². The van der Waals surface area contributed by atoms with Crippen LogP contribution in [0.15, 0.2) is 24.3 Å². The van der Waals surface area contributed by atoms with E-state index in [0.717, 1.165) is 5.56 Å². The highest BCUT2D eigenvalue weighted by molar-refractivity contribution is 5.85. The molecule has 0 saturated heterocycles. The molecule has 1 unspecified atom stereocenters. The number of carbonyl (C=O) groups is 1. The number of rotatable bonds is 4. The van der Waals surface area contributed by atoms with Gasteiger partial charge in [0.2, 0.25) is 0 Å². The minimum atomic E-state index is -0.917. The van der Waals surface area contributed by atoms with E-state index >= 15 is 0 Å². The first-order chi connectivity index (χ1) is 6.58. The summed E-state index contributed by atoms with van der Waals surface area (Å²) in [5.74, 6) is -1.22. The fourth-order valence-electron chi connectivity index (χ4n) is 1.22. The highest BCUT2D eigenvalue weighted by atomic mass is 35.5. The maximum absolute atomic E-state index is 12.5. The molecule has 1 aromatic carbocycles. The number of carboxylic acids is 1. The molecule has 1 rings (SSSR count). The lowest BCUT2D eigenvalue weighted by atomic mass is 10.0. The number of halogens is 2. The Labute approximate surface area is 93.5 Å². The van der Waals surface area contributed by atoms with Gasteiger partial charge < -0.3 is 10.8 Å². The zero-order chi connectivity index (χ0) is 10.6. The standard InChI is InChI=1S/C10H12FNO2.ClH/c11-8-3-1-7(2-4-8)5-9(12)6-10(13)14;/h1-4,9H,5-6,12H2,(H,13,14);1H. The number of nitrogens with two attached hydrogens (primary N) is 1. The van der Waals surface area contributed by atoms with E-state index in [2.05, 4.69) is 0 Å². The molecule has 1 aromatic rings. The molecule has 0 aliphatic carbocycles. The van der Waals surface area contributed by atoms with E-state index in [4.69, 9.17) is 10.8 Å². The normalized spacial score (nSPS) is 11.6. The molecule has 1 atom stereocenters. The van der Waals surface area contributed by atoms with E-state index in [1.54, 1.807) is 12.1 Å². The zero-order valence-electron chi connectivity index (χ0n) is 8.02. The predicted octanol–water partition coefficient (Wildman–Crippen LogP) is 1.59. The summed E-state index contributed by atoms with van der Waals surface area (Å²) in [6.45, 7) is 0. The predicted molar refractivity (Wildman–Crippen MR) is 57.6 cm³/mol. The lowest BCUT2D eigenvalue weighted by Crippen LogP contribution is -2.26. The molecule has 0 amide bonds. The molecule has 0 aliphatic rings. The van der Waals surface area contributed by atoms with Crippen molar-refractivity contribution in [1.29, 1.82) is 0 Å². The van der Waals surface area contributed by atoms with E-state index < -0.39 is 12.0 Å². The molecule has 5 heteroatoms. The van der Waals surface area contributed by atoms with Crippen LogP contribution in [0.4, 0.5) is 4.39 Å². The van der Waals surface area contributed by atoms with Crippen LogP contribution in [0.3, 0.4) is 0 Å². The maximum Gasteiger partial charge on any atom is 0.304 e. The van der Waals surface area contributed by atoms with Gasteiger partial charge in [-0.25, -0.2) is 4.39 Å². The average Bonchev–Trinajstić information content (AvgIpc) is 2.07. The van der Waals surface area contributed by atoms with Crippen molar-refractivity contribution in [3.8, 4) is 0 Å². The monoisotopic (exact) mass is 233 g/mol. The van der Waals surface area contributed by atoms with Crippen molar-refractivity contribution in [2.75, 3.05) is 0 Å². The molecule has 0 bridgehead atoms. The average molecular weight is 234 g/mol. The van der Waals surface area contributed by atoms with Gasteiger partial charge in [-0.15, -0.1) is 12.4 Å². The largest absolute Gasteiger partial charge is 0.481 e. The molecule has 0 heterocycles. The minimum Gasteiger partial charge on any atom is -0.481 e. The maximum atomic E-state index is 12.5. The van der Waals surface area contributed by atoms with Gasteiger partial charge in [-0.1, -0.05) is 12.1 Å². The Morgan fingerprint density at radius 2 is 1.93 bits per heavy atom. The van der Waals surface area contributed by atoms with Crippen LogP contribution in [0.1, 0.15) is 12.0 Å². The molecule has 0 saturated carbocycles. The van der Waals surface area contributed by atoms with Crippen molar-refractivity contribution in [3.63, 3.8) is 0 Å². The lowest BCUT2D eigenvalue weighted by molar-refractivity contribution is -0.137. The summed E-state index contributed by atoms with van der Waals surface area (Å²) in [5, 5.41) is 8.47. The Kier molecular flexibility index (Phi) is 5.89. The molecular formula is C10H13ClFNO2. The van der Waals surface area contributed by atoms with Crippen LogP contribution in [0, 0.1) is 5.82 Å². The Morgan fingerprint density at radius 1 is 1.40 bits per heavy atom. The SMILES string of the molecule is Cl.NC(CC(=O)O)Cc1ccc(F)cc1. The van der Waals surface area contributed by atoms with Crippen LogP contribution in [0.5, 0.6) is 0 Å². The fourth-order valence-corrected chi connectivity index (χ4v) is 1.22. The second kappa shape index (κ2) is 6.37. The highest BCUT2D eigenvalue weighted by Gasteiger charge is 2.08. The molecule has 15 heavy (non-hydrogen) atoms. The van der Waals surface area contributed by atoms with E-state index in [1.165, 1.54) is 12.1 Å². The number of benzene rings is 1. The summed E-state index contributed by atoms with van der Waals surface area (Å²) < 4.78 is 12.5. The van der Waals surface area contributed by atoms with Crippen LogP contribution in [0.2, 0.25) is 0 Å². The molecule has 3 N–H and O–H groups in total. The fraction of sp³-hybridized carbons (Fsp3) is 0.300. The van der Waals surface area contributed by atoms with Crippen LogP contribution >= 0.6 is 12.4 Å². The Hall–Kier alpha value is -1.13. The summed E-state index contributed by atoms with van der Waals surface area (Å²) >= 11 is 0. The van der Waals surface area contributed by atoms with Crippen LogP contribution in [0.25, 0.3) is 0 Å². The van der Waals surface area contributed by atoms with Crippen molar-refractivity contribution < 1.29 is 14.3 Å². The second-order valence-corrected chi connectivity index (χ2v) is 3.19. The molecule has 0 spiro atoms. The van der Waals surface area contributed by atoms with Crippen molar-refractivity contribution >= 4 is 18.4 Å². The summed E-state index contributed by atoms with van der Waals surface area (Å²) in [6, 6.07) is 5.47. The molecule has 0 aliphatic heterocycles. The molecule has 84 valence electrons. The van der Waals surface area contributed by atoms with Crippen molar-refractivity contribution in [2.45, 2.75) is 18.9 Å². The van der Waals surface area contributed by atoms with Gasteiger partial charge in [0.1, 0.15) is 5.82 Å². The summed E-state index contributed by atoms with van der Waals surface area (Å²) in [6.07, 6.45) is 0.379. The van der Waals surface area contributed by atoms with E-state index in [9.17, 15) is 9.18 Å². The summed E-state index contributed by atoms with van der Waals surface area (Å²) in [7, 11) is 0. The highest BCUT2D eigenvalue weighted by Crippen LogP contribution is 2.06. The van der Waals surface area contributed by atoms with Crippen LogP contribution < -0.4 is 5.73 Å². The smallest absolute Gasteiger partial charge is 0.304 e. The summed E-state index contributed by atoms with van der Waals surface area (Å²) in [5.41, 5.74) is 6.42. The topological polar surface area (TPSA) is 63.3 Å². The molecular weight excluding hydrogens is 221 g/mol. The van der Waals surface area contributed by atoms with Gasteiger partial charge in [-0.3, -0.25) is 4.79 Å². The zero-order valence-corrected chi connectivity index (χ0v) is 8.84. The number of carboxylic acid groups (broad SMARTS) is 1. The molecule has 3 nitrogen and oxygen atoms in total. The number of hydrogen-bond acceptors (Lipinski definition) is 2. The van der Waals surface area contributed by atoms with Crippen molar-refractivity contribution in [1.82, 2.24) is 0 Å². The van der Waals surface area contributed by atoms with E-state index in [-0.39, 0.29) is 24.6 Å². The lowest BCUT2D eigenvalue weighted by Gasteiger charge is -2.08. The molecule has 0 aromatic heterocycles. The van der Waals surface area contributed by atoms with Crippen molar-refractivity contribution in [2.24, 2.45) is 5.73 Å². The van der Waals surface area contributed by atoms with Crippen LogP contribution in [-0.4, -0.2) is 17.1 Å². The first-order valence-electron chi connectivity index (χ1n) is 4.30. The van der Waals surface area contributed by atoms with Gasteiger partial charge in [0.15, 0.2) is 0 Å². The molecule has 0 fully saturated rings. The third-order valence-corrected chi connectivity index (χ3v) is 1.85. The first-order valence-corrected chi connectivity index (χ1v) is 4.30. The Balaban J connectivity index is 0.00000196. The molecule has 0 radical (unpaired) electrons. The third-order valence-electron chi connectivity index (χ3n) is 1.85. The Morgan fingerprint density at radius 3 is 2.40 bits per heavy atom. The van der Waals surface area contributed by atoms with Crippen molar-refractivity contribution in [3.05, 3.63) is 35.6 Å².